The molecule has 3 rings (SSSR count). The highest BCUT2D eigenvalue weighted by Crippen LogP contribution is 2.27. The lowest BCUT2D eigenvalue weighted by molar-refractivity contribution is -0.116. The van der Waals surface area contributed by atoms with Crippen LogP contribution in [0.15, 0.2) is 42.5 Å². The average molecular weight is 366 g/mol. The number of nitrogens with one attached hydrogen (secondary N) is 1. The highest BCUT2D eigenvalue weighted by Gasteiger charge is 2.10. The number of ketones is 2. The van der Waals surface area contributed by atoms with E-state index in [0.717, 1.165) is 21.3 Å². The number of hydrogen-bond donors (Lipinski definition) is 1. The topological polar surface area (TPSA) is 76.1 Å². The highest BCUT2D eigenvalue weighted by atomic mass is 32.1. The predicted octanol–water partition coefficient (Wildman–Crippen LogP) is 3.81. The maximum Gasteiger partial charge on any atom is 0.230 e. The Balaban J connectivity index is 1.66. The normalized spacial score (nSPS) is 10.7. The minimum Gasteiger partial charge on any atom is -0.302 e. The van der Waals surface area contributed by atoms with Crippen LogP contribution in [0.3, 0.4) is 0 Å². The van der Waals surface area contributed by atoms with Gasteiger partial charge in [0.2, 0.25) is 5.91 Å². The average Bonchev–Trinajstić information content (AvgIpc) is 2.97. The Kier molecular flexibility index (Phi) is 5.23. The number of Topliss-reactive ketones (excluding diaryl/α,β-unsaturated/α-hetero) is 2. The van der Waals surface area contributed by atoms with Gasteiger partial charge in [-0.25, -0.2) is 4.98 Å². The molecule has 0 aliphatic carbocycles. The van der Waals surface area contributed by atoms with Crippen molar-refractivity contribution < 1.29 is 14.4 Å². The van der Waals surface area contributed by atoms with Crippen LogP contribution in [0.5, 0.6) is 0 Å². The summed E-state index contributed by atoms with van der Waals surface area (Å²) < 4.78 is 0.863. The number of thiazole rings is 1. The van der Waals surface area contributed by atoms with Gasteiger partial charge >= 0.3 is 0 Å². The van der Waals surface area contributed by atoms with Crippen LogP contribution < -0.4 is 5.32 Å². The summed E-state index contributed by atoms with van der Waals surface area (Å²) in [7, 11) is 0. The molecule has 0 aliphatic heterocycles. The standard InChI is InChI=1S/C20H18N2O3S/c1-12(23)9-14-3-5-15(6-4-14)10-19(25)22-20-21-17-8-7-16(13(2)24)11-18(17)26-20/h3-8,11H,9-10H2,1-2H3,(H,21,22,25). The Morgan fingerprint density at radius 3 is 2.23 bits per heavy atom. The Labute approximate surface area is 155 Å². The van der Waals surface area contributed by atoms with Crippen LogP contribution in [0.1, 0.15) is 35.3 Å². The summed E-state index contributed by atoms with van der Waals surface area (Å²) in [4.78, 5) is 39.2. The van der Waals surface area contributed by atoms with E-state index in [0.29, 0.717) is 17.1 Å². The van der Waals surface area contributed by atoms with Gasteiger partial charge in [-0.05, 0) is 43.2 Å². The highest BCUT2D eigenvalue weighted by molar-refractivity contribution is 7.22. The third-order valence-corrected chi connectivity index (χ3v) is 4.82. The number of nitrogens with zero attached hydrogens (tertiary/aromatic N) is 1. The molecule has 132 valence electrons. The minimum atomic E-state index is -0.157. The molecule has 0 bridgehead atoms. The number of aromatic nitrogens is 1. The number of fused-ring (bicyclic) bond motifs is 1. The molecule has 0 aliphatic rings. The van der Waals surface area contributed by atoms with Crippen molar-refractivity contribution in [3.05, 3.63) is 59.2 Å². The fraction of sp³-hybridized carbons (Fsp3) is 0.200. The van der Waals surface area contributed by atoms with E-state index in [9.17, 15) is 14.4 Å². The number of carbonyl (C=O) groups is 3. The first-order chi connectivity index (χ1) is 12.4. The quantitative estimate of drug-likeness (QED) is 0.673. The van der Waals surface area contributed by atoms with E-state index >= 15 is 0 Å². The Bertz CT molecular complexity index is 990. The molecule has 26 heavy (non-hydrogen) atoms. The SMILES string of the molecule is CC(=O)Cc1ccc(CC(=O)Nc2nc3ccc(C(C)=O)cc3s2)cc1. The zero-order valence-electron chi connectivity index (χ0n) is 14.5. The van der Waals surface area contributed by atoms with Crippen molar-refractivity contribution in [3.63, 3.8) is 0 Å². The van der Waals surface area contributed by atoms with Gasteiger partial charge in [0.1, 0.15) is 5.78 Å². The molecule has 1 N–H and O–H groups in total. The molecule has 1 aromatic heterocycles. The molecular weight excluding hydrogens is 348 g/mol. The smallest absolute Gasteiger partial charge is 0.230 e. The summed E-state index contributed by atoms with van der Waals surface area (Å²) in [6.07, 6.45) is 0.634. The van der Waals surface area contributed by atoms with Crippen LogP contribution in [0.2, 0.25) is 0 Å². The van der Waals surface area contributed by atoms with Crippen LogP contribution in [0, 0.1) is 0 Å². The number of rotatable bonds is 6. The minimum absolute atomic E-state index is 0.000828. The van der Waals surface area contributed by atoms with Gasteiger partial charge in [0, 0.05) is 12.0 Å². The third kappa shape index (κ3) is 4.40. The maximum absolute atomic E-state index is 12.2. The van der Waals surface area contributed by atoms with E-state index in [1.165, 1.54) is 18.3 Å². The number of hydrogen-bond acceptors (Lipinski definition) is 5. The molecule has 3 aromatic rings. The van der Waals surface area contributed by atoms with Crippen LogP contribution in [-0.2, 0) is 22.4 Å². The fourth-order valence-corrected chi connectivity index (χ4v) is 3.53. The second-order valence-electron chi connectivity index (χ2n) is 6.18. The van der Waals surface area contributed by atoms with Crippen molar-refractivity contribution in [3.8, 4) is 0 Å². The molecule has 1 amide bonds. The molecule has 1 heterocycles. The molecule has 6 heteroatoms. The molecule has 0 spiro atoms. The lowest BCUT2D eigenvalue weighted by Crippen LogP contribution is -2.14. The lowest BCUT2D eigenvalue weighted by Gasteiger charge is -2.03. The van der Waals surface area contributed by atoms with Gasteiger partial charge in [0.15, 0.2) is 10.9 Å². The van der Waals surface area contributed by atoms with Gasteiger partial charge < -0.3 is 5.32 Å². The van der Waals surface area contributed by atoms with Crippen LogP contribution in [0.25, 0.3) is 10.2 Å². The van der Waals surface area contributed by atoms with E-state index in [1.54, 1.807) is 25.1 Å². The summed E-state index contributed by atoms with van der Waals surface area (Å²) in [5.41, 5.74) is 3.19. The van der Waals surface area contributed by atoms with Gasteiger partial charge in [-0.15, -0.1) is 0 Å². The molecular formula is C20H18N2O3S. The summed E-state index contributed by atoms with van der Waals surface area (Å²) in [5.74, 6) is -0.0477. The second-order valence-corrected chi connectivity index (χ2v) is 7.21. The van der Waals surface area contributed by atoms with E-state index in [-0.39, 0.29) is 23.9 Å². The number of carbonyl (C=O) groups excluding carboxylic acids is 3. The second kappa shape index (κ2) is 7.58. The number of amides is 1. The van der Waals surface area contributed by atoms with Crippen molar-refractivity contribution in [2.24, 2.45) is 0 Å². The van der Waals surface area contributed by atoms with Crippen molar-refractivity contribution in [2.75, 3.05) is 5.32 Å². The molecule has 0 saturated heterocycles. The summed E-state index contributed by atoms with van der Waals surface area (Å²) >= 11 is 1.34. The van der Waals surface area contributed by atoms with Crippen LogP contribution in [0.4, 0.5) is 5.13 Å². The van der Waals surface area contributed by atoms with Crippen molar-refractivity contribution in [2.45, 2.75) is 26.7 Å². The van der Waals surface area contributed by atoms with Crippen molar-refractivity contribution in [1.29, 1.82) is 0 Å². The molecule has 0 radical (unpaired) electrons. The summed E-state index contributed by atoms with van der Waals surface area (Å²) in [6.45, 7) is 3.07. The molecule has 0 atom stereocenters. The van der Waals surface area contributed by atoms with Gasteiger partial charge in [0.05, 0.1) is 16.6 Å². The lowest BCUT2D eigenvalue weighted by atomic mass is 10.1. The van der Waals surface area contributed by atoms with E-state index in [2.05, 4.69) is 10.3 Å². The van der Waals surface area contributed by atoms with Crippen LogP contribution in [-0.4, -0.2) is 22.5 Å². The fourth-order valence-electron chi connectivity index (χ4n) is 2.61. The predicted molar refractivity (Wildman–Crippen MR) is 103 cm³/mol. The molecule has 5 nitrogen and oxygen atoms in total. The molecule has 2 aromatic carbocycles. The van der Waals surface area contributed by atoms with Gasteiger partial charge in [-0.3, -0.25) is 14.4 Å². The number of benzene rings is 2. The summed E-state index contributed by atoms with van der Waals surface area (Å²) in [6, 6.07) is 12.8. The van der Waals surface area contributed by atoms with Crippen molar-refractivity contribution in [1.82, 2.24) is 4.98 Å². The van der Waals surface area contributed by atoms with Gasteiger partial charge in [0.25, 0.3) is 0 Å². The van der Waals surface area contributed by atoms with Gasteiger partial charge in [-0.2, -0.15) is 0 Å². The third-order valence-electron chi connectivity index (χ3n) is 3.88. The Morgan fingerprint density at radius 2 is 1.62 bits per heavy atom. The van der Waals surface area contributed by atoms with E-state index < -0.39 is 0 Å². The first kappa shape index (κ1) is 17.9. The Morgan fingerprint density at radius 1 is 0.962 bits per heavy atom. The first-order valence-electron chi connectivity index (χ1n) is 8.19. The number of anilines is 1. The maximum atomic E-state index is 12.2. The van der Waals surface area contributed by atoms with Gasteiger partial charge in [-0.1, -0.05) is 35.6 Å². The summed E-state index contributed by atoms with van der Waals surface area (Å²) in [5, 5.41) is 3.32. The first-order valence-corrected chi connectivity index (χ1v) is 9.01. The molecule has 0 fully saturated rings. The molecule has 0 unspecified atom stereocenters. The zero-order valence-corrected chi connectivity index (χ0v) is 15.4. The van der Waals surface area contributed by atoms with Crippen molar-refractivity contribution >= 4 is 44.2 Å². The van der Waals surface area contributed by atoms with E-state index in [4.69, 9.17) is 0 Å². The van der Waals surface area contributed by atoms with E-state index in [1.807, 2.05) is 24.3 Å². The monoisotopic (exact) mass is 366 g/mol. The Hall–Kier alpha value is -2.86. The van der Waals surface area contributed by atoms with Crippen LogP contribution >= 0.6 is 11.3 Å². The molecule has 0 saturated carbocycles. The largest absolute Gasteiger partial charge is 0.302 e. The zero-order chi connectivity index (χ0) is 18.7.